The molecule has 1 aromatic carbocycles. The fraction of sp³-hybridized carbons (Fsp3) is 0.375. The van der Waals surface area contributed by atoms with E-state index in [1.165, 1.54) is 0 Å². The van der Waals surface area contributed by atoms with Crippen LogP contribution in [-0.2, 0) is 13.0 Å². The molecule has 0 unspecified atom stereocenters. The number of aromatic nitrogens is 5. The molecule has 10 nitrogen and oxygen atoms in total. The summed E-state index contributed by atoms with van der Waals surface area (Å²) < 4.78 is 0.982. The number of rotatable bonds is 6. The predicted molar refractivity (Wildman–Crippen MR) is 141 cm³/mol. The molecule has 0 radical (unpaired) electrons. The zero-order chi connectivity index (χ0) is 24.6. The summed E-state index contributed by atoms with van der Waals surface area (Å²) in [5, 5.41) is 24.4. The molecule has 4 heterocycles. The molecule has 36 heavy (non-hydrogen) atoms. The van der Waals surface area contributed by atoms with Crippen LogP contribution in [0.15, 0.2) is 35.5 Å². The van der Waals surface area contributed by atoms with Crippen LogP contribution in [-0.4, -0.2) is 65.9 Å². The second-order valence-electron chi connectivity index (χ2n) is 9.12. The number of hydrogen-bond donors (Lipinski definition) is 4. The lowest BCUT2D eigenvalue weighted by atomic mass is 10.1. The van der Waals surface area contributed by atoms with E-state index < -0.39 is 0 Å². The van der Waals surface area contributed by atoms with Crippen LogP contribution in [0.25, 0.3) is 10.2 Å². The number of aromatic amines is 1. The summed E-state index contributed by atoms with van der Waals surface area (Å²) in [5.41, 5.74) is 3.12. The van der Waals surface area contributed by atoms with Crippen LogP contribution in [0.3, 0.4) is 0 Å². The van der Waals surface area contributed by atoms with Gasteiger partial charge in [0.2, 0.25) is 11.8 Å². The number of aromatic hydroxyl groups is 1. The van der Waals surface area contributed by atoms with E-state index in [2.05, 4.69) is 30.8 Å². The molecule has 2 atom stereocenters. The summed E-state index contributed by atoms with van der Waals surface area (Å²) in [7, 11) is 0. The van der Waals surface area contributed by atoms with Crippen LogP contribution in [0.2, 0.25) is 0 Å². The summed E-state index contributed by atoms with van der Waals surface area (Å²) in [4.78, 5) is 29.5. The first kappa shape index (κ1) is 23.0. The van der Waals surface area contributed by atoms with E-state index >= 15 is 0 Å². The van der Waals surface area contributed by atoms with Gasteiger partial charge in [-0.3, -0.25) is 9.89 Å². The molecule has 1 aliphatic carbocycles. The third-order valence-corrected chi connectivity index (χ3v) is 8.42. The molecule has 12 heteroatoms. The van der Waals surface area contributed by atoms with E-state index in [1.807, 2.05) is 36.8 Å². The first-order valence-electron chi connectivity index (χ1n) is 11.9. The molecule has 3 aromatic heterocycles. The Hall–Kier alpha value is -3.38. The number of nitrogens with one attached hydrogen (secondary N) is 3. The molecule has 0 saturated heterocycles. The van der Waals surface area contributed by atoms with E-state index in [1.54, 1.807) is 28.0 Å². The monoisotopic (exact) mass is 522 g/mol. The minimum atomic E-state index is -0.0305. The van der Waals surface area contributed by atoms with Crippen molar-refractivity contribution in [1.29, 1.82) is 0 Å². The normalized spacial score (nSPS) is 19.4. The van der Waals surface area contributed by atoms with E-state index in [9.17, 15) is 9.90 Å². The van der Waals surface area contributed by atoms with Crippen LogP contribution >= 0.6 is 23.1 Å². The van der Waals surface area contributed by atoms with Gasteiger partial charge in [-0.25, -0.2) is 15.0 Å². The number of carbonyl (C=O) groups excluding carboxylic acids is 1. The smallest absolute Gasteiger partial charge is 0.254 e. The molecular formula is C24H26N8O2S2. The Morgan fingerprint density at radius 3 is 2.83 bits per heavy atom. The predicted octanol–water partition coefficient (Wildman–Crippen LogP) is 3.88. The molecule has 1 aliphatic heterocycles. The maximum Gasteiger partial charge on any atom is 0.254 e. The number of anilines is 2. The van der Waals surface area contributed by atoms with Crippen LogP contribution in [0.4, 0.5) is 11.1 Å². The van der Waals surface area contributed by atoms with Crippen molar-refractivity contribution in [1.82, 2.24) is 30.0 Å². The van der Waals surface area contributed by atoms with Gasteiger partial charge >= 0.3 is 0 Å². The molecule has 0 bridgehead atoms. The highest BCUT2D eigenvalue weighted by molar-refractivity contribution is 7.98. The fourth-order valence-corrected chi connectivity index (χ4v) is 6.17. The van der Waals surface area contributed by atoms with Crippen molar-refractivity contribution in [2.45, 2.75) is 49.2 Å². The largest absolute Gasteiger partial charge is 0.492 e. The van der Waals surface area contributed by atoms with Gasteiger partial charge in [0.05, 0.1) is 22.5 Å². The van der Waals surface area contributed by atoms with E-state index in [0.29, 0.717) is 43.1 Å². The SMILES string of the molecule is CSc1cnc(N[C@H]2CC[C@H](Nc3nc4ccc(C(=O)N5CCc6c(O)n[nH]c6C5)cc4s3)C2)nc1. The number of benzene rings is 1. The van der Waals surface area contributed by atoms with Gasteiger partial charge in [0, 0.05) is 47.0 Å². The van der Waals surface area contributed by atoms with Crippen LogP contribution in [0, 0.1) is 0 Å². The zero-order valence-electron chi connectivity index (χ0n) is 19.7. The maximum absolute atomic E-state index is 13.1. The van der Waals surface area contributed by atoms with Crippen molar-refractivity contribution in [2.24, 2.45) is 0 Å². The zero-order valence-corrected chi connectivity index (χ0v) is 21.3. The Bertz CT molecular complexity index is 1400. The Kier molecular flexibility index (Phi) is 6.13. The number of fused-ring (bicyclic) bond motifs is 2. The molecule has 1 amide bonds. The lowest BCUT2D eigenvalue weighted by molar-refractivity contribution is 0.0732. The highest BCUT2D eigenvalue weighted by atomic mass is 32.2. The first-order valence-corrected chi connectivity index (χ1v) is 13.9. The molecule has 2 aliphatic rings. The number of carbonyl (C=O) groups is 1. The van der Waals surface area contributed by atoms with Crippen LogP contribution in [0.1, 0.15) is 40.9 Å². The van der Waals surface area contributed by atoms with Gasteiger partial charge in [0.1, 0.15) is 0 Å². The van der Waals surface area contributed by atoms with Crippen molar-refractivity contribution < 1.29 is 9.90 Å². The minimum absolute atomic E-state index is 0.0305. The lowest BCUT2D eigenvalue weighted by Gasteiger charge is -2.26. The fourth-order valence-electron chi connectivity index (χ4n) is 4.87. The molecule has 1 fully saturated rings. The van der Waals surface area contributed by atoms with Crippen molar-refractivity contribution >= 4 is 50.3 Å². The third-order valence-electron chi connectivity index (χ3n) is 6.79. The van der Waals surface area contributed by atoms with E-state index in [0.717, 1.165) is 50.8 Å². The topological polar surface area (TPSA) is 132 Å². The van der Waals surface area contributed by atoms with Gasteiger partial charge in [-0.1, -0.05) is 11.3 Å². The molecular weight excluding hydrogens is 496 g/mol. The van der Waals surface area contributed by atoms with Crippen molar-refractivity contribution in [3.05, 3.63) is 47.4 Å². The van der Waals surface area contributed by atoms with Gasteiger partial charge in [0.15, 0.2) is 5.13 Å². The number of hydrogen-bond acceptors (Lipinski definition) is 10. The standard InChI is InChI=1S/C24H26N8O2S2/c1-35-16-10-25-23(26-11-16)27-14-3-4-15(9-14)28-24-29-18-5-2-13(8-20(18)36-24)22(34)32-7-6-17-19(12-32)30-31-21(17)33/h2,5,8,10-11,14-15H,3-4,6-7,9,12H2,1H3,(H,28,29)(H,25,26,27)(H2,30,31,33)/t14-,15-/m0/s1. The van der Waals surface area contributed by atoms with Gasteiger partial charge in [-0.05, 0) is 50.1 Å². The highest BCUT2D eigenvalue weighted by Gasteiger charge is 2.27. The van der Waals surface area contributed by atoms with Gasteiger partial charge < -0.3 is 20.6 Å². The van der Waals surface area contributed by atoms with Crippen molar-refractivity contribution in [3.8, 4) is 5.88 Å². The van der Waals surface area contributed by atoms with Crippen LogP contribution in [0.5, 0.6) is 5.88 Å². The van der Waals surface area contributed by atoms with E-state index in [4.69, 9.17) is 4.98 Å². The Balaban J connectivity index is 1.09. The second kappa shape index (κ2) is 9.58. The minimum Gasteiger partial charge on any atom is -0.492 e. The average molecular weight is 523 g/mol. The summed E-state index contributed by atoms with van der Waals surface area (Å²) in [5.74, 6) is 0.674. The van der Waals surface area contributed by atoms with Crippen LogP contribution < -0.4 is 10.6 Å². The van der Waals surface area contributed by atoms with Gasteiger partial charge in [-0.2, -0.15) is 0 Å². The van der Waals surface area contributed by atoms with Gasteiger partial charge in [0.25, 0.3) is 5.91 Å². The molecule has 6 rings (SSSR count). The molecule has 4 N–H and O–H groups in total. The second-order valence-corrected chi connectivity index (χ2v) is 11.0. The molecule has 186 valence electrons. The maximum atomic E-state index is 13.1. The molecule has 4 aromatic rings. The van der Waals surface area contributed by atoms with Gasteiger partial charge in [-0.15, -0.1) is 16.9 Å². The Morgan fingerprint density at radius 1 is 1.22 bits per heavy atom. The molecule has 0 spiro atoms. The van der Waals surface area contributed by atoms with E-state index in [-0.39, 0.29) is 11.8 Å². The van der Waals surface area contributed by atoms with Crippen molar-refractivity contribution in [3.63, 3.8) is 0 Å². The third kappa shape index (κ3) is 4.58. The quantitative estimate of drug-likeness (QED) is 0.279. The Labute approximate surface area is 216 Å². The summed E-state index contributed by atoms with van der Waals surface area (Å²) in [6, 6.07) is 6.32. The number of H-pyrrole nitrogens is 1. The number of thioether (sulfide) groups is 1. The summed E-state index contributed by atoms with van der Waals surface area (Å²) >= 11 is 3.20. The Morgan fingerprint density at radius 2 is 2.03 bits per heavy atom. The summed E-state index contributed by atoms with van der Waals surface area (Å²) in [6.45, 7) is 0.967. The number of nitrogens with zero attached hydrogens (tertiary/aromatic N) is 5. The van der Waals surface area contributed by atoms with Crippen molar-refractivity contribution in [2.75, 3.05) is 23.4 Å². The summed E-state index contributed by atoms with van der Waals surface area (Å²) in [6.07, 6.45) is 9.34. The molecule has 1 saturated carbocycles. The highest BCUT2D eigenvalue weighted by Crippen LogP contribution is 2.32. The lowest BCUT2D eigenvalue weighted by Crippen LogP contribution is -2.35. The number of amides is 1. The number of thiazole rings is 1. The average Bonchev–Trinajstić information content (AvgIpc) is 3.62. The first-order chi connectivity index (χ1) is 17.6.